The SMILES string of the molecule is C=CC[N+](=CC(=O)OCCC)CC=C. The second kappa shape index (κ2) is 8.23. The summed E-state index contributed by atoms with van der Waals surface area (Å²) in [5.41, 5.74) is 0. The molecule has 3 heteroatoms. The number of hydrogen-bond donors (Lipinski definition) is 0. The number of rotatable bonds is 7. The third kappa shape index (κ3) is 6.17. The van der Waals surface area contributed by atoms with E-state index < -0.39 is 0 Å². The van der Waals surface area contributed by atoms with Gasteiger partial charge < -0.3 is 4.74 Å². The van der Waals surface area contributed by atoms with Gasteiger partial charge in [-0.2, -0.15) is 0 Å². The quantitative estimate of drug-likeness (QED) is 0.266. The van der Waals surface area contributed by atoms with E-state index in [9.17, 15) is 4.79 Å². The van der Waals surface area contributed by atoms with E-state index in [1.807, 2.05) is 6.92 Å². The zero-order chi connectivity index (χ0) is 10.8. The standard InChI is InChI=1S/C11H18NO2/c1-4-7-12(8-5-2)10-11(13)14-9-6-3/h4-5,10H,1-2,6-9H2,3H3/q+1. The summed E-state index contributed by atoms with van der Waals surface area (Å²) in [6.45, 7) is 10.9. The average Bonchev–Trinajstić information content (AvgIpc) is 2.15. The molecule has 0 fully saturated rings. The van der Waals surface area contributed by atoms with Gasteiger partial charge in [-0.15, -0.1) is 0 Å². The van der Waals surface area contributed by atoms with E-state index in [1.54, 1.807) is 16.7 Å². The van der Waals surface area contributed by atoms with Gasteiger partial charge in [0.25, 0.3) is 0 Å². The van der Waals surface area contributed by atoms with Crippen molar-refractivity contribution in [3.8, 4) is 0 Å². The highest BCUT2D eigenvalue weighted by Gasteiger charge is 2.05. The van der Waals surface area contributed by atoms with Crippen molar-refractivity contribution < 1.29 is 14.1 Å². The zero-order valence-electron chi connectivity index (χ0n) is 8.74. The van der Waals surface area contributed by atoms with Gasteiger partial charge in [-0.3, -0.25) is 0 Å². The minimum absolute atomic E-state index is 0.310. The largest absolute Gasteiger partial charge is 0.458 e. The van der Waals surface area contributed by atoms with Crippen molar-refractivity contribution in [2.24, 2.45) is 0 Å². The molecule has 0 unspecified atom stereocenters. The van der Waals surface area contributed by atoms with E-state index in [2.05, 4.69) is 13.2 Å². The Kier molecular flexibility index (Phi) is 7.42. The van der Waals surface area contributed by atoms with Gasteiger partial charge in [-0.25, -0.2) is 9.37 Å². The summed E-state index contributed by atoms with van der Waals surface area (Å²) in [5.74, 6) is -0.310. The molecule has 0 spiro atoms. The lowest BCUT2D eigenvalue weighted by atomic mass is 10.5. The van der Waals surface area contributed by atoms with Crippen molar-refractivity contribution in [3.05, 3.63) is 25.3 Å². The lowest BCUT2D eigenvalue weighted by Crippen LogP contribution is -2.20. The molecule has 0 aromatic carbocycles. The first-order valence-electron chi connectivity index (χ1n) is 4.72. The molecular formula is C11H18NO2+. The molecule has 0 saturated carbocycles. The molecule has 0 saturated heterocycles. The number of carbonyl (C=O) groups excluding carboxylic acids is 1. The number of hydrogen-bond acceptors (Lipinski definition) is 2. The number of carbonyl (C=O) groups is 1. The molecule has 0 aliphatic rings. The maximum absolute atomic E-state index is 11.2. The third-order valence-electron chi connectivity index (χ3n) is 1.46. The van der Waals surface area contributed by atoms with E-state index in [0.29, 0.717) is 19.7 Å². The fourth-order valence-electron chi connectivity index (χ4n) is 0.901. The summed E-state index contributed by atoms with van der Waals surface area (Å²) in [6.07, 6.45) is 5.74. The lowest BCUT2D eigenvalue weighted by molar-refractivity contribution is -0.502. The smallest absolute Gasteiger partial charge is 0.395 e. The molecule has 3 nitrogen and oxygen atoms in total. The van der Waals surface area contributed by atoms with Gasteiger partial charge in [0, 0.05) is 0 Å². The monoisotopic (exact) mass is 196 g/mol. The predicted molar refractivity (Wildman–Crippen MR) is 57.7 cm³/mol. The van der Waals surface area contributed by atoms with Crippen molar-refractivity contribution in [2.45, 2.75) is 13.3 Å². The molecule has 0 aliphatic heterocycles. The highest BCUT2D eigenvalue weighted by atomic mass is 16.5. The summed E-state index contributed by atoms with van der Waals surface area (Å²) >= 11 is 0. The maximum atomic E-state index is 11.2. The van der Waals surface area contributed by atoms with Crippen LogP contribution in [0, 0.1) is 0 Å². The molecule has 0 amide bonds. The molecule has 0 aromatic heterocycles. The highest BCUT2D eigenvalue weighted by molar-refractivity contribution is 6.20. The summed E-state index contributed by atoms with van der Waals surface area (Å²) < 4.78 is 6.70. The van der Waals surface area contributed by atoms with Crippen molar-refractivity contribution in [2.75, 3.05) is 19.7 Å². The first-order valence-corrected chi connectivity index (χ1v) is 4.72. The fraction of sp³-hybridized carbons (Fsp3) is 0.455. The number of ether oxygens (including phenoxy) is 1. The first-order chi connectivity index (χ1) is 6.74. The average molecular weight is 196 g/mol. The van der Waals surface area contributed by atoms with Crippen LogP contribution in [-0.4, -0.2) is 36.5 Å². The van der Waals surface area contributed by atoms with Crippen LogP contribution in [0.4, 0.5) is 0 Å². The topological polar surface area (TPSA) is 29.3 Å². The number of nitrogens with zero attached hydrogens (tertiary/aromatic N) is 1. The second-order valence-electron chi connectivity index (χ2n) is 2.83. The van der Waals surface area contributed by atoms with Crippen LogP contribution in [0.1, 0.15) is 13.3 Å². The van der Waals surface area contributed by atoms with E-state index in [1.165, 1.54) is 6.21 Å². The van der Waals surface area contributed by atoms with Crippen LogP contribution in [0.2, 0.25) is 0 Å². The van der Waals surface area contributed by atoms with Crippen LogP contribution < -0.4 is 0 Å². The van der Waals surface area contributed by atoms with Crippen molar-refractivity contribution in [1.29, 1.82) is 0 Å². The first kappa shape index (κ1) is 12.6. The highest BCUT2D eigenvalue weighted by Crippen LogP contribution is 1.82. The summed E-state index contributed by atoms with van der Waals surface area (Å²) in [7, 11) is 0. The van der Waals surface area contributed by atoms with Crippen LogP contribution in [-0.2, 0) is 9.53 Å². The van der Waals surface area contributed by atoms with Gasteiger partial charge in [-0.05, 0) is 18.6 Å². The fourth-order valence-corrected chi connectivity index (χ4v) is 0.901. The van der Waals surface area contributed by atoms with E-state index in [0.717, 1.165) is 6.42 Å². The molecule has 0 radical (unpaired) electrons. The van der Waals surface area contributed by atoms with Crippen molar-refractivity contribution in [3.63, 3.8) is 0 Å². The maximum Gasteiger partial charge on any atom is 0.395 e. The van der Waals surface area contributed by atoms with Gasteiger partial charge in [0.1, 0.15) is 0 Å². The Balaban J connectivity index is 4.16. The Morgan fingerprint density at radius 3 is 2.36 bits per heavy atom. The van der Waals surface area contributed by atoms with Crippen LogP contribution in [0.15, 0.2) is 25.3 Å². The molecule has 0 aliphatic carbocycles. The number of esters is 1. The van der Waals surface area contributed by atoms with Crippen molar-refractivity contribution >= 4 is 12.2 Å². The van der Waals surface area contributed by atoms with Crippen LogP contribution >= 0.6 is 0 Å². The Hall–Kier alpha value is -1.38. The second-order valence-corrected chi connectivity index (χ2v) is 2.83. The molecular weight excluding hydrogens is 178 g/mol. The minimum Gasteiger partial charge on any atom is -0.458 e. The van der Waals surface area contributed by atoms with Crippen molar-refractivity contribution in [1.82, 2.24) is 0 Å². The summed E-state index contributed by atoms with van der Waals surface area (Å²) in [5, 5.41) is 0. The molecule has 0 aromatic rings. The van der Waals surface area contributed by atoms with Crippen LogP contribution in [0.3, 0.4) is 0 Å². The molecule has 78 valence electrons. The van der Waals surface area contributed by atoms with Gasteiger partial charge >= 0.3 is 5.97 Å². The molecule has 0 N–H and O–H groups in total. The predicted octanol–water partition coefficient (Wildman–Crippen LogP) is 1.39. The van der Waals surface area contributed by atoms with E-state index in [-0.39, 0.29) is 5.97 Å². The Morgan fingerprint density at radius 1 is 1.36 bits per heavy atom. The summed E-state index contributed by atoms with van der Waals surface area (Å²) in [4.78, 5) is 11.2. The molecule has 0 rings (SSSR count). The summed E-state index contributed by atoms with van der Waals surface area (Å²) in [6, 6.07) is 0. The zero-order valence-corrected chi connectivity index (χ0v) is 8.74. The normalized spacial score (nSPS) is 8.93. The van der Waals surface area contributed by atoms with Crippen LogP contribution in [0.25, 0.3) is 0 Å². The van der Waals surface area contributed by atoms with Gasteiger partial charge in [0.15, 0.2) is 13.1 Å². The Bertz CT molecular complexity index is 219. The minimum atomic E-state index is -0.310. The van der Waals surface area contributed by atoms with Gasteiger partial charge in [0.05, 0.1) is 6.61 Å². The van der Waals surface area contributed by atoms with Gasteiger partial charge in [-0.1, -0.05) is 20.1 Å². The molecule has 0 bridgehead atoms. The molecule has 0 atom stereocenters. The molecule has 0 heterocycles. The molecule has 14 heavy (non-hydrogen) atoms. The Morgan fingerprint density at radius 2 is 1.93 bits per heavy atom. The van der Waals surface area contributed by atoms with Crippen LogP contribution in [0.5, 0.6) is 0 Å². The Labute approximate surface area is 85.4 Å². The lowest BCUT2D eigenvalue weighted by Gasteiger charge is -1.98. The third-order valence-corrected chi connectivity index (χ3v) is 1.46. The van der Waals surface area contributed by atoms with E-state index in [4.69, 9.17) is 4.74 Å². The van der Waals surface area contributed by atoms with E-state index >= 15 is 0 Å². The van der Waals surface area contributed by atoms with Gasteiger partial charge in [0.2, 0.25) is 6.21 Å².